The van der Waals surface area contributed by atoms with Gasteiger partial charge in [0, 0.05) is 19.5 Å². The molecule has 1 aromatic carbocycles. The third-order valence-electron chi connectivity index (χ3n) is 4.74. The van der Waals surface area contributed by atoms with E-state index in [1.165, 1.54) is 0 Å². The van der Waals surface area contributed by atoms with Gasteiger partial charge < -0.3 is 19.7 Å². The molecule has 2 aliphatic heterocycles. The number of hydrogen-bond donors (Lipinski definition) is 1. The van der Waals surface area contributed by atoms with Crippen LogP contribution >= 0.6 is 0 Å². The minimum Gasteiger partial charge on any atom is -0.496 e. The molecule has 2 aliphatic rings. The molecule has 0 saturated carbocycles. The first-order valence-corrected chi connectivity index (χ1v) is 8.56. The quantitative estimate of drug-likeness (QED) is 0.768. The number of carbonyl (C=O) groups excluding carboxylic acids is 3. The van der Waals surface area contributed by atoms with Crippen LogP contribution in [0.15, 0.2) is 24.3 Å². The SMILES string of the molecule is COc1ccccc1C[C@]1(C)NC(=O)N(CC(=O)N2CCOCC2)C1=O. The van der Waals surface area contributed by atoms with E-state index in [2.05, 4.69) is 5.32 Å². The predicted molar refractivity (Wildman–Crippen MR) is 92.7 cm³/mol. The Bertz CT molecular complexity index is 717. The highest BCUT2D eigenvalue weighted by Gasteiger charge is 2.48. The summed E-state index contributed by atoms with van der Waals surface area (Å²) < 4.78 is 10.5. The first-order valence-electron chi connectivity index (χ1n) is 8.56. The third kappa shape index (κ3) is 3.50. The van der Waals surface area contributed by atoms with Crippen molar-refractivity contribution in [3.05, 3.63) is 29.8 Å². The van der Waals surface area contributed by atoms with E-state index < -0.39 is 17.5 Å². The Hall–Kier alpha value is -2.61. The molecule has 0 unspecified atom stereocenters. The molecule has 8 heteroatoms. The van der Waals surface area contributed by atoms with Crippen molar-refractivity contribution in [2.75, 3.05) is 40.0 Å². The Morgan fingerprint density at radius 3 is 2.65 bits per heavy atom. The smallest absolute Gasteiger partial charge is 0.325 e. The van der Waals surface area contributed by atoms with Crippen molar-refractivity contribution >= 4 is 17.8 Å². The Morgan fingerprint density at radius 1 is 1.27 bits per heavy atom. The summed E-state index contributed by atoms with van der Waals surface area (Å²) >= 11 is 0. The van der Waals surface area contributed by atoms with Gasteiger partial charge in [-0.05, 0) is 18.6 Å². The number of rotatable bonds is 5. The molecule has 0 aromatic heterocycles. The summed E-state index contributed by atoms with van der Waals surface area (Å²) in [6.07, 6.45) is 0.282. The molecule has 0 spiro atoms. The number of imide groups is 1. The first-order chi connectivity index (χ1) is 12.4. The fourth-order valence-electron chi connectivity index (χ4n) is 3.29. The van der Waals surface area contributed by atoms with Crippen LogP contribution in [0.25, 0.3) is 0 Å². The Balaban J connectivity index is 1.72. The summed E-state index contributed by atoms with van der Waals surface area (Å²) in [5, 5.41) is 2.72. The zero-order valence-electron chi connectivity index (χ0n) is 15.0. The van der Waals surface area contributed by atoms with Gasteiger partial charge in [-0.2, -0.15) is 0 Å². The number of nitrogens with zero attached hydrogens (tertiary/aromatic N) is 2. The van der Waals surface area contributed by atoms with E-state index >= 15 is 0 Å². The number of morpholine rings is 1. The molecule has 4 amide bonds. The highest BCUT2D eigenvalue weighted by Crippen LogP contribution is 2.27. The second kappa shape index (κ2) is 7.33. The van der Waals surface area contributed by atoms with E-state index in [1.54, 1.807) is 25.0 Å². The van der Waals surface area contributed by atoms with Crippen LogP contribution in [0.1, 0.15) is 12.5 Å². The molecule has 8 nitrogen and oxygen atoms in total. The molecule has 2 saturated heterocycles. The van der Waals surface area contributed by atoms with E-state index in [-0.39, 0.29) is 18.9 Å². The molecule has 1 atom stereocenters. The number of urea groups is 1. The first kappa shape index (κ1) is 18.2. The molecule has 3 rings (SSSR count). The van der Waals surface area contributed by atoms with Gasteiger partial charge in [-0.1, -0.05) is 18.2 Å². The summed E-state index contributed by atoms with van der Waals surface area (Å²) in [7, 11) is 1.56. The van der Waals surface area contributed by atoms with Crippen LogP contribution in [0.4, 0.5) is 4.79 Å². The van der Waals surface area contributed by atoms with Crippen molar-refractivity contribution in [1.82, 2.24) is 15.1 Å². The Labute approximate surface area is 152 Å². The number of methoxy groups -OCH3 is 1. The molecule has 140 valence electrons. The fourth-order valence-corrected chi connectivity index (χ4v) is 3.29. The van der Waals surface area contributed by atoms with E-state index in [1.807, 2.05) is 18.2 Å². The summed E-state index contributed by atoms with van der Waals surface area (Å²) in [6.45, 7) is 3.29. The average Bonchev–Trinajstić information content (AvgIpc) is 2.86. The van der Waals surface area contributed by atoms with E-state index in [4.69, 9.17) is 9.47 Å². The molecule has 2 heterocycles. The lowest BCUT2D eigenvalue weighted by molar-refractivity contribution is -0.141. The number of hydrogen-bond acceptors (Lipinski definition) is 5. The van der Waals surface area contributed by atoms with Gasteiger partial charge in [0.05, 0.1) is 20.3 Å². The van der Waals surface area contributed by atoms with Crippen LogP contribution in [-0.4, -0.2) is 73.1 Å². The van der Waals surface area contributed by atoms with Crippen molar-refractivity contribution in [2.24, 2.45) is 0 Å². The van der Waals surface area contributed by atoms with Crippen LogP contribution in [0, 0.1) is 0 Å². The minimum absolute atomic E-state index is 0.252. The molecule has 0 aliphatic carbocycles. The molecule has 1 N–H and O–H groups in total. The van der Waals surface area contributed by atoms with Gasteiger partial charge in [0.25, 0.3) is 5.91 Å². The van der Waals surface area contributed by atoms with Crippen molar-refractivity contribution in [1.29, 1.82) is 0 Å². The number of nitrogens with one attached hydrogen (secondary N) is 1. The van der Waals surface area contributed by atoms with Crippen molar-refractivity contribution in [3.8, 4) is 5.75 Å². The molecular weight excluding hydrogens is 338 g/mol. The van der Waals surface area contributed by atoms with Crippen LogP contribution in [-0.2, 0) is 20.7 Å². The Morgan fingerprint density at radius 2 is 1.96 bits per heavy atom. The van der Waals surface area contributed by atoms with Gasteiger partial charge in [-0.3, -0.25) is 14.5 Å². The van der Waals surface area contributed by atoms with Crippen molar-refractivity contribution in [2.45, 2.75) is 18.9 Å². The summed E-state index contributed by atoms with van der Waals surface area (Å²) in [6, 6.07) is 6.80. The predicted octanol–water partition coefficient (Wildman–Crippen LogP) is 0.407. The topological polar surface area (TPSA) is 88.2 Å². The van der Waals surface area contributed by atoms with Gasteiger partial charge in [0.15, 0.2) is 0 Å². The molecule has 0 radical (unpaired) electrons. The number of amides is 4. The summed E-state index contributed by atoms with van der Waals surface area (Å²) in [4.78, 5) is 40.2. The number of ether oxygens (including phenoxy) is 2. The van der Waals surface area contributed by atoms with E-state index in [0.717, 1.165) is 10.5 Å². The lowest BCUT2D eigenvalue weighted by Gasteiger charge is -2.28. The second-order valence-electron chi connectivity index (χ2n) is 6.64. The zero-order chi connectivity index (χ0) is 18.7. The number of carbonyl (C=O) groups is 3. The van der Waals surface area contributed by atoms with Crippen LogP contribution in [0.2, 0.25) is 0 Å². The summed E-state index contributed by atoms with van der Waals surface area (Å²) in [5.74, 6) is -0.00743. The zero-order valence-corrected chi connectivity index (χ0v) is 15.0. The highest BCUT2D eigenvalue weighted by atomic mass is 16.5. The maximum Gasteiger partial charge on any atom is 0.325 e. The summed E-state index contributed by atoms with van der Waals surface area (Å²) in [5.41, 5.74) is -0.302. The van der Waals surface area contributed by atoms with Gasteiger partial charge in [-0.15, -0.1) is 0 Å². The van der Waals surface area contributed by atoms with Crippen LogP contribution in [0.5, 0.6) is 5.75 Å². The van der Waals surface area contributed by atoms with E-state index in [9.17, 15) is 14.4 Å². The maximum atomic E-state index is 12.9. The molecule has 0 bridgehead atoms. The fraction of sp³-hybridized carbons (Fsp3) is 0.500. The van der Waals surface area contributed by atoms with Crippen LogP contribution in [0.3, 0.4) is 0 Å². The molecule has 2 fully saturated rings. The molecular formula is C18H23N3O5. The maximum absolute atomic E-state index is 12.9. The van der Waals surface area contributed by atoms with Gasteiger partial charge in [-0.25, -0.2) is 4.79 Å². The lowest BCUT2D eigenvalue weighted by atomic mass is 9.92. The lowest BCUT2D eigenvalue weighted by Crippen LogP contribution is -2.49. The second-order valence-corrected chi connectivity index (χ2v) is 6.64. The largest absolute Gasteiger partial charge is 0.496 e. The number of para-hydroxylation sites is 1. The number of benzene rings is 1. The van der Waals surface area contributed by atoms with Gasteiger partial charge in [0.1, 0.15) is 17.8 Å². The van der Waals surface area contributed by atoms with Crippen molar-refractivity contribution < 1.29 is 23.9 Å². The van der Waals surface area contributed by atoms with Crippen LogP contribution < -0.4 is 10.1 Å². The molecule has 26 heavy (non-hydrogen) atoms. The standard InChI is InChI=1S/C18H23N3O5/c1-18(11-13-5-3-4-6-14(13)25-2)16(23)21(17(24)19-18)12-15(22)20-7-9-26-10-8-20/h3-6H,7-12H2,1-2H3,(H,19,24)/t18-/m0/s1. The van der Waals surface area contributed by atoms with Gasteiger partial charge in [0.2, 0.25) is 5.91 Å². The third-order valence-corrected chi connectivity index (χ3v) is 4.74. The minimum atomic E-state index is -1.11. The molecule has 1 aromatic rings. The monoisotopic (exact) mass is 361 g/mol. The normalized spacial score (nSPS) is 23.2. The van der Waals surface area contributed by atoms with E-state index in [0.29, 0.717) is 32.1 Å². The highest BCUT2D eigenvalue weighted by molar-refractivity contribution is 6.09. The Kier molecular flexibility index (Phi) is 5.13. The average molecular weight is 361 g/mol. The van der Waals surface area contributed by atoms with Gasteiger partial charge >= 0.3 is 6.03 Å². The van der Waals surface area contributed by atoms with Crippen molar-refractivity contribution in [3.63, 3.8) is 0 Å².